The molecule has 22 heavy (non-hydrogen) atoms. The second-order valence-electron chi connectivity index (χ2n) is 5.62. The number of benzene rings is 1. The molecular formula is C18H22O4. The first-order valence-electron chi connectivity index (χ1n) is 7.69. The number of rotatable bonds is 6. The molecule has 1 aliphatic rings. The number of methoxy groups -OCH3 is 1. The van der Waals surface area contributed by atoms with Crippen LogP contribution in [0.4, 0.5) is 0 Å². The van der Waals surface area contributed by atoms with Gasteiger partial charge >= 0.3 is 11.9 Å². The Hall–Kier alpha value is -2.10. The molecule has 118 valence electrons. The highest BCUT2D eigenvalue weighted by Gasteiger charge is 2.19. The van der Waals surface area contributed by atoms with Crippen LogP contribution in [0.15, 0.2) is 35.4 Å². The molecular weight excluding hydrogens is 280 g/mol. The summed E-state index contributed by atoms with van der Waals surface area (Å²) in [5.41, 5.74) is 3.82. The molecule has 2 rings (SSSR count). The molecule has 1 aromatic carbocycles. The van der Waals surface area contributed by atoms with E-state index in [1.807, 2.05) is 24.3 Å². The zero-order valence-electron chi connectivity index (χ0n) is 12.9. The predicted octanol–water partition coefficient (Wildman–Crippen LogP) is 3.29. The van der Waals surface area contributed by atoms with Crippen molar-refractivity contribution in [1.82, 2.24) is 0 Å². The first-order valence-corrected chi connectivity index (χ1v) is 7.69. The van der Waals surface area contributed by atoms with E-state index in [1.54, 1.807) is 0 Å². The van der Waals surface area contributed by atoms with Gasteiger partial charge in [-0.15, -0.1) is 0 Å². The first-order chi connectivity index (χ1) is 10.6. The molecule has 0 spiro atoms. The summed E-state index contributed by atoms with van der Waals surface area (Å²) < 4.78 is 4.68. The van der Waals surface area contributed by atoms with Crippen molar-refractivity contribution in [2.24, 2.45) is 0 Å². The van der Waals surface area contributed by atoms with Crippen molar-refractivity contribution < 1.29 is 19.4 Å². The van der Waals surface area contributed by atoms with Gasteiger partial charge in [-0.2, -0.15) is 0 Å². The number of esters is 1. The molecule has 0 aromatic heterocycles. The lowest BCUT2D eigenvalue weighted by molar-refractivity contribution is -0.140. The van der Waals surface area contributed by atoms with Crippen molar-refractivity contribution >= 4 is 11.9 Å². The molecule has 0 bridgehead atoms. The van der Waals surface area contributed by atoms with Crippen molar-refractivity contribution in [2.45, 2.75) is 44.9 Å². The van der Waals surface area contributed by atoms with E-state index < -0.39 is 5.97 Å². The van der Waals surface area contributed by atoms with Gasteiger partial charge in [0.2, 0.25) is 0 Å². The highest BCUT2D eigenvalue weighted by Crippen LogP contribution is 2.28. The minimum atomic E-state index is -0.790. The lowest BCUT2D eigenvalue weighted by Gasteiger charge is -2.19. The number of aryl methyl sites for hydroxylation is 1. The van der Waals surface area contributed by atoms with E-state index >= 15 is 0 Å². The van der Waals surface area contributed by atoms with E-state index in [1.165, 1.54) is 7.11 Å². The molecule has 0 atom stereocenters. The van der Waals surface area contributed by atoms with Gasteiger partial charge < -0.3 is 9.84 Å². The number of carbonyl (C=O) groups excluding carboxylic acids is 1. The normalized spacial score (nSPS) is 14.8. The zero-order chi connectivity index (χ0) is 15.9. The predicted molar refractivity (Wildman–Crippen MR) is 83.6 cm³/mol. The minimum absolute atomic E-state index is 0.224. The van der Waals surface area contributed by atoms with Gasteiger partial charge in [0.05, 0.1) is 7.11 Å². The number of allylic oxidation sites excluding steroid dienone is 1. The molecule has 1 N–H and O–H groups in total. The average Bonchev–Trinajstić information content (AvgIpc) is 2.54. The minimum Gasteiger partial charge on any atom is -0.478 e. The van der Waals surface area contributed by atoms with Crippen LogP contribution in [0.25, 0.3) is 0 Å². The molecule has 0 saturated heterocycles. The smallest absolute Gasteiger partial charge is 0.331 e. The molecule has 0 amide bonds. The molecule has 4 nitrogen and oxygen atoms in total. The Labute approximate surface area is 130 Å². The maximum atomic E-state index is 11.4. The largest absolute Gasteiger partial charge is 0.478 e. The number of ether oxygens (including phenoxy) is 1. The van der Waals surface area contributed by atoms with Crippen LogP contribution in [0.3, 0.4) is 0 Å². The summed E-state index contributed by atoms with van der Waals surface area (Å²) in [6.45, 7) is 0. The summed E-state index contributed by atoms with van der Waals surface area (Å²) in [6.07, 6.45) is 5.16. The SMILES string of the molecule is COC(=O)CCc1ccccc1CC1=C(C(=O)O)CCCC1. The Kier molecular flexibility index (Phi) is 5.75. The summed E-state index contributed by atoms with van der Waals surface area (Å²) >= 11 is 0. The molecule has 0 radical (unpaired) electrons. The fourth-order valence-corrected chi connectivity index (χ4v) is 2.96. The van der Waals surface area contributed by atoms with Gasteiger partial charge in [0.1, 0.15) is 0 Å². The van der Waals surface area contributed by atoms with E-state index in [0.29, 0.717) is 31.3 Å². The number of hydrogen-bond donors (Lipinski definition) is 1. The quantitative estimate of drug-likeness (QED) is 0.819. The molecule has 1 aromatic rings. The van der Waals surface area contributed by atoms with Crippen molar-refractivity contribution in [3.63, 3.8) is 0 Å². The van der Waals surface area contributed by atoms with Gasteiger partial charge in [-0.1, -0.05) is 29.8 Å². The van der Waals surface area contributed by atoms with E-state index in [-0.39, 0.29) is 5.97 Å². The summed E-state index contributed by atoms with van der Waals surface area (Å²) in [6, 6.07) is 7.93. The van der Waals surface area contributed by atoms with Crippen molar-refractivity contribution in [3.8, 4) is 0 Å². The third-order valence-electron chi connectivity index (χ3n) is 4.19. The van der Waals surface area contributed by atoms with E-state index in [9.17, 15) is 14.7 Å². The summed E-state index contributed by atoms with van der Waals surface area (Å²) in [5, 5.41) is 9.34. The van der Waals surface area contributed by atoms with E-state index in [0.717, 1.165) is 36.0 Å². The molecule has 0 fully saturated rings. The highest BCUT2D eigenvalue weighted by atomic mass is 16.5. The summed E-state index contributed by atoms with van der Waals surface area (Å²) in [4.78, 5) is 22.7. The lowest BCUT2D eigenvalue weighted by Crippen LogP contribution is -2.11. The molecule has 0 unspecified atom stereocenters. The molecule has 1 aliphatic carbocycles. The van der Waals surface area contributed by atoms with Gasteiger partial charge in [-0.05, 0) is 49.7 Å². The topological polar surface area (TPSA) is 63.6 Å². The lowest BCUT2D eigenvalue weighted by atomic mass is 9.86. The fourth-order valence-electron chi connectivity index (χ4n) is 2.96. The first kappa shape index (κ1) is 16.3. The van der Waals surface area contributed by atoms with Crippen LogP contribution in [-0.4, -0.2) is 24.2 Å². The van der Waals surface area contributed by atoms with Crippen LogP contribution in [0.1, 0.15) is 43.2 Å². The Morgan fingerprint density at radius 1 is 1.14 bits per heavy atom. The van der Waals surface area contributed by atoms with Crippen molar-refractivity contribution in [2.75, 3.05) is 7.11 Å². The maximum absolute atomic E-state index is 11.4. The molecule has 0 saturated carbocycles. The average molecular weight is 302 g/mol. The number of carbonyl (C=O) groups is 2. The monoisotopic (exact) mass is 302 g/mol. The van der Waals surface area contributed by atoms with Gasteiger partial charge in [0, 0.05) is 12.0 Å². The van der Waals surface area contributed by atoms with Gasteiger partial charge in [-0.3, -0.25) is 4.79 Å². The highest BCUT2D eigenvalue weighted by molar-refractivity contribution is 5.87. The van der Waals surface area contributed by atoms with Crippen molar-refractivity contribution in [3.05, 3.63) is 46.5 Å². The van der Waals surface area contributed by atoms with Crippen LogP contribution >= 0.6 is 0 Å². The van der Waals surface area contributed by atoms with Crippen LogP contribution in [-0.2, 0) is 27.2 Å². The molecule has 4 heteroatoms. The summed E-state index contributed by atoms with van der Waals surface area (Å²) in [5.74, 6) is -1.01. The van der Waals surface area contributed by atoms with Gasteiger partial charge in [0.25, 0.3) is 0 Å². The Morgan fingerprint density at radius 2 is 1.82 bits per heavy atom. The second-order valence-corrected chi connectivity index (χ2v) is 5.62. The third-order valence-corrected chi connectivity index (χ3v) is 4.19. The number of hydrogen-bond acceptors (Lipinski definition) is 3. The van der Waals surface area contributed by atoms with Gasteiger partial charge in [0.15, 0.2) is 0 Å². The zero-order valence-corrected chi connectivity index (χ0v) is 12.9. The van der Waals surface area contributed by atoms with Crippen LogP contribution < -0.4 is 0 Å². The second kappa shape index (κ2) is 7.78. The molecule has 0 aliphatic heterocycles. The third kappa shape index (κ3) is 4.20. The Balaban J connectivity index is 2.18. The van der Waals surface area contributed by atoms with Crippen LogP contribution in [0.5, 0.6) is 0 Å². The van der Waals surface area contributed by atoms with E-state index in [2.05, 4.69) is 4.74 Å². The molecule has 0 heterocycles. The van der Waals surface area contributed by atoms with E-state index in [4.69, 9.17) is 0 Å². The standard InChI is InChI=1S/C18H22O4/c1-22-17(19)11-10-13-6-2-3-7-14(13)12-15-8-4-5-9-16(15)18(20)21/h2-3,6-7H,4-5,8-12H2,1H3,(H,20,21). The maximum Gasteiger partial charge on any atom is 0.331 e. The number of carboxylic acid groups (broad SMARTS) is 1. The van der Waals surface area contributed by atoms with Crippen LogP contribution in [0.2, 0.25) is 0 Å². The Bertz CT molecular complexity index is 587. The Morgan fingerprint density at radius 3 is 2.50 bits per heavy atom. The number of aliphatic carboxylic acids is 1. The van der Waals surface area contributed by atoms with Crippen molar-refractivity contribution in [1.29, 1.82) is 0 Å². The fraction of sp³-hybridized carbons (Fsp3) is 0.444. The van der Waals surface area contributed by atoms with Gasteiger partial charge in [-0.25, -0.2) is 4.79 Å². The van der Waals surface area contributed by atoms with Crippen LogP contribution in [0, 0.1) is 0 Å². The number of carboxylic acids is 1. The summed E-state index contributed by atoms with van der Waals surface area (Å²) in [7, 11) is 1.39.